The lowest BCUT2D eigenvalue weighted by molar-refractivity contribution is -0.115. The van der Waals surface area contributed by atoms with Gasteiger partial charge in [-0.25, -0.2) is 13.4 Å². The fourth-order valence-electron chi connectivity index (χ4n) is 2.82. The van der Waals surface area contributed by atoms with Crippen molar-refractivity contribution in [3.05, 3.63) is 66.3 Å². The molecule has 148 valence electrons. The van der Waals surface area contributed by atoms with Crippen molar-refractivity contribution in [2.75, 3.05) is 10.0 Å². The summed E-state index contributed by atoms with van der Waals surface area (Å²) in [6.45, 7) is 1.75. The molecule has 0 unspecified atom stereocenters. The molecule has 29 heavy (non-hydrogen) atoms. The molecule has 0 spiro atoms. The Bertz CT molecular complexity index is 1250. The van der Waals surface area contributed by atoms with Crippen molar-refractivity contribution in [2.24, 2.45) is 0 Å². The third-order valence-corrected chi connectivity index (χ3v) is 6.46. The number of anilines is 2. The van der Waals surface area contributed by atoms with Crippen molar-refractivity contribution in [3.63, 3.8) is 0 Å². The lowest BCUT2D eigenvalue weighted by Gasteiger charge is -2.12. The lowest BCUT2D eigenvalue weighted by atomic mass is 10.1. The second-order valence-electron chi connectivity index (χ2n) is 6.30. The monoisotopic (exact) mass is 426 g/mol. The summed E-state index contributed by atoms with van der Waals surface area (Å²) >= 11 is 1.51. The summed E-state index contributed by atoms with van der Waals surface area (Å²) in [5, 5.41) is 4.63. The van der Waals surface area contributed by atoms with Crippen molar-refractivity contribution in [2.45, 2.75) is 18.2 Å². The Morgan fingerprint density at radius 1 is 1.14 bits per heavy atom. The van der Waals surface area contributed by atoms with Crippen LogP contribution in [0.5, 0.6) is 0 Å². The number of hydrogen-bond donors (Lipinski definition) is 2. The van der Waals surface area contributed by atoms with Gasteiger partial charge in [0.15, 0.2) is 4.96 Å². The van der Waals surface area contributed by atoms with Gasteiger partial charge in [0, 0.05) is 35.4 Å². The summed E-state index contributed by atoms with van der Waals surface area (Å²) in [6.07, 6.45) is 4.12. The van der Waals surface area contributed by atoms with Crippen LogP contribution in [-0.2, 0) is 14.8 Å². The first-order valence-electron chi connectivity index (χ1n) is 8.90. The zero-order valence-electron chi connectivity index (χ0n) is 15.5. The van der Waals surface area contributed by atoms with Gasteiger partial charge in [0.2, 0.25) is 5.91 Å². The van der Waals surface area contributed by atoms with Crippen molar-refractivity contribution < 1.29 is 13.2 Å². The molecule has 0 aliphatic carbocycles. The molecule has 4 aromatic rings. The first-order chi connectivity index (χ1) is 14.0. The molecule has 2 heterocycles. The number of rotatable bonds is 6. The summed E-state index contributed by atoms with van der Waals surface area (Å²) in [5.74, 6) is -0.132. The van der Waals surface area contributed by atoms with Crippen LogP contribution < -0.4 is 10.0 Å². The fourth-order valence-corrected chi connectivity index (χ4v) is 4.60. The molecule has 4 rings (SSSR count). The van der Waals surface area contributed by atoms with E-state index in [0.717, 1.165) is 4.96 Å². The summed E-state index contributed by atoms with van der Waals surface area (Å²) in [4.78, 5) is 17.0. The molecule has 2 aromatic carbocycles. The van der Waals surface area contributed by atoms with E-state index in [-0.39, 0.29) is 10.8 Å². The van der Waals surface area contributed by atoms with Crippen LogP contribution in [0.25, 0.3) is 16.2 Å². The van der Waals surface area contributed by atoms with E-state index in [0.29, 0.717) is 29.1 Å². The average Bonchev–Trinajstić information content (AvgIpc) is 3.30. The average molecular weight is 427 g/mol. The number of para-hydroxylation sites is 1. The molecule has 0 aliphatic heterocycles. The van der Waals surface area contributed by atoms with Crippen LogP contribution in [-0.4, -0.2) is 23.7 Å². The van der Waals surface area contributed by atoms with Crippen LogP contribution in [0.4, 0.5) is 11.4 Å². The summed E-state index contributed by atoms with van der Waals surface area (Å²) in [6, 6.07) is 13.2. The van der Waals surface area contributed by atoms with Crippen LogP contribution in [0.3, 0.4) is 0 Å². The number of hydrogen-bond acceptors (Lipinski definition) is 5. The number of carbonyl (C=O) groups excluding carboxylic acids is 1. The molecule has 0 atom stereocenters. The summed E-state index contributed by atoms with van der Waals surface area (Å²) in [7, 11) is -3.81. The molecule has 0 bridgehead atoms. The number of amides is 1. The molecular weight excluding hydrogens is 408 g/mol. The van der Waals surface area contributed by atoms with E-state index in [9.17, 15) is 13.2 Å². The number of aromatic nitrogens is 2. The van der Waals surface area contributed by atoms with Crippen LogP contribution >= 0.6 is 11.3 Å². The Balaban J connectivity index is 1.62. The van der Waals surface area contributed by atoms with Crippen LogP contribution in [0.2, 0.25) is 0 Å². The lowest BCUT2D eigenvalue weighted by Crippen LogP contribution is -2.14. The Hall–Kier alpha value is -3.17. The molecule has 0 aliphatic rings. The molecule has 0 saturated carbocycles. The molecule has 7 nitrogen and oxygen atoms in total. The largest absolute Gasteiger partial charge is 0.326 e. The van der Waals surface area contributed by atoms with Gasteiger partial charge in [0.1, 0.15) is 0 Å². The molecule has 2 N–H and O–H groups in total. The molecule has 0 radical (unpaired) electrons. The molecule has 2 aromatic heterocycles. The van der Waals surface area contributed by atoms with Crippen LogP contribution in [0, 0.1) is 0 Å². The van der Waals surface area contributed by atoms with E-state index in [2.05, 4.69) is 15.0 Å². The Morgan fingerprint density at radius 3 is 2.62 bits per heavy atom. The Kier molecular flexibility index (Phi) is 5.08. The number of sulfonamides is 1. The van der Waals surface area contributed by atoms with Gasteiger partial charge in [-0.1, -0.05) is 25.1 Å². The standard InChI is InChI=1S/C20H18N4O3S2/c1-2-19(25)21-14-7-9-15(10-8-14)29(26,27)23-17-6-4-3-5-16(17)18-13-24-11-12-28-20(24)22-18/h3-13,23H,2H2,1H3,(H,21,25). The maximum Gasteiger partial charge on any atom is 0.261 e. The first kappa shape index (κ1) is 19.2. The highest BCUT2D eigenvalue weighted by atomic mass is 32.2. The number of imidazole rings is 1. The molecule has 1 amide bonds. The quantitative estimate of drug-likeness (QED) is 0.483. The van der Waals surface area contributed by atoms with Crippen molar-refractivity contribution >= 4 is 43.6 Å². The summed E-state index contributed by atoms with van der Waals surface area (Å²) < 4.78 is 30.3. The minimum atomic E-state index is -3.81. The fraction of sp³-hybridized carbons (Fsp3) is 0.100. The third-order valence-electron chi connectivity index (χ3n) is 4.31. The number of benzene rings is 2. The Morgan fingerprint density at radius 2 is 1.90 bits per heavy atom. The minimum Gasteiger partial charge on any atom is -0.326 e. The zero-order chi connectivity index (χ0) is 20.4. The summed E-state index contributed by atoms with van der Waals surface area (Å²) in [5.41, 5.74) is 2.38. The van der Waals surface area contributed by atoms with E-state index in [4.69, 9.17) is 0 Å². The molecule has 9 heteroatoms. The number of nitrogens with one attached hydrogen (secondary N) is 2. The smallest absolute Gasteiger partial charge is 0.261 e. The van der Waals surface area contributed by atoms with Gasteiger partial charge >= 0.3 is 0 Å². The van der Waals surface area contributed by atoms with Gasteiger partial charge < -0.3 is 5.32 Å². The number of thiazole rings is 1. The second-order valence-corrected chi connectivity index (χ2v) is 8.85. The second kappa shape index (κ2) is 7.69. The van der Waals surface area contributed by atoms with E-state index in [1.165, 1.54) is 23.5 Å². The van der Waals surface area contributed by atoms with Gasteiger partial charge in [0.25, 0.3) is 10.0 Å². The minimum absolute atomic E-state index is 0.104. The van der Waals surface area contributed by atoms with Crippen LogP contribution in [0.1, 0.15) is 13.3 Å². The van der Waals surface area contributed by atoms with Gasteiger partial charge in [0.05, 0.1) is 16.3 Å². The van der Waals surface area contributed by atoms with Gasteiger partial charge in [-0.3, -0.25) is 13.9 Å². The van der Waals surface area contributed by atoms with E-state index >= 15 is 0 Å². The van der Waals surface area contributed by atoms with E-state index < -0.39 is 10.0 Å². The topological polar surface area (TPSA) is 92.6 Å². The van der Waals surface area contributed by atoms with E-state index in [1.54, 1.807) is 31.2 Å². The van der Waals surface area contributed by atoms with Crippen molar-refractivity contribution in [3.8, 4) is 11.3 Å². The Labute approximate surface area is 172 Å². The highest BCUT2D eigenvalue weighted by Crippen LogP contribution is 2.30. The van der Waals surface area contributed by atoms with Gasteiger partial charge in [-0.15, -0.1) is 11.3 Å². The van der Waals surface area contributed by atoms with Crippen molar-refractivity contribution in [1.29, 1.82) is 0 Å². The van der Waals surface area contributed by atoms with E-state index in [1.807, 2.05) is 34.3 Å². The maximum atomic E-state index is 12.9. The normalized spacial score (nSPS) is 11.5. The third kappa shape index (κ3) is 4.01. The highest BCUT2D eigenvalue weighted by molar-refractivity contribution is 7.92. The predicted octanol–water partition coefficient (Wildman–Crippen LogP) is 4.21. The number of carbonyl (C=O) groups is 1. The first-order valence-corrected chi connectivity index (χ1v) is 11.3. The predicted molar refractivity (Wildman–Crippen MR) is 115 cm³/mol. The molecule has 0 saturated heterocycles. The molecular formula is C20H18N4O3S2. The van der Waals surface area contributed by atoms with Gasteiger partial charge in [-0.2, -0.15) is 0 Å². The van der Waals surface area contributed by atoms with Crippen molar-refractivity contribution in [1.82, 2.24) is 9.38 Å². The number of nitrogens with zero attached hydrogens (tertiary/aromatic N) is 2. The van der Waals surface area contributed by atoms with Crippen LogP contribution in [0.15, 0.2) is 71.2 Å². The SMILES string of the molecule is CCC(=O)Nc1ccc(S(=O)(=O)Nc2ccccc2-c2cn3ccsc3n2)cc1. The molecule has 0 fully saturated rings. The highest BCUT2D eigenvalue weighted by Gasteiger charge is 2.18. The number of fused-ring (bicyclic) bond motifs is 1. The zero-order valence-corrected chi connectivity index (χ0v) is 17.1. The maximum absolute atomic E-state index is 12.9. The van der Waals surface area contributed by atoms with Gasteiger partial charge in [-0.05, 0) is 30.3 Å².